The van der Waals surface area contributed by atoms with Gasteiger partial charge in [0.2, 0.25) is 0 Å². The fourth-order valence-corrected chi connectivity index (χ4v) is 3.13. The maximum Gasteiger partial charge on any atom is 0.0680 e. The molecule has 0 atom stereocenters. The SMILES string of the molecule is C\C=C/C(=C(\C)C(C)(C)C)C(/C)=C(CC)/C(=N\C)c1ccccc1C. The molecule has 0 fully saturated rings. The van der Waals surface area contributed by atoms with Gasteiger partial charge in [0, 0.05) is 12.6 Å². The molecule has 0 spiro atoms. The smallest absolute Gasteiger partial charge is 0.0680 e. The van der Waals surface area contributed by atoms with E-state index in [1.165, 1.54) is 33.4 Å². The molecule has 0 aliphatic carbocycles. The highest BCUT2D eigenvalue weighted by Gasteiger charge is 2.20. The summed E-state index contributed by atoms with van der Waals surface area (Å²) in [6.07, 6.45) is 5.35. The van der Waals surface area contributed by atoms with Crippen molar-refractivity contribution < 1.29 is 0 Å². The van der Waals surface area contributed by atoms with Crippen molar-refractivity contribution in [2.75, 3.05) is 7.05 Å². The molecule has 1 nitrogen and oxygen atoms in total. The molecule has 0 aromatic heterocycles. The van der Waals surface area contributed by atoms with Crippen LogP contribution >= 0.6 is 0 Å². The summed E-state index contributed by atoms with van der Waals surface area (Å²) in [6, 6.07) is 8.52. The van der Waals surface area contributed by atoms with Gasteiger partial charge in [0.05, 0.1) is 5.71 Å². The second-order valence-electron chi connectivity index (χ2n) is 7.63. The van der Waals surface area contributed by atoms with Crippen molar-refractivity contribution in [1.29, 1.82) is 0 Å². The minimum atomic E-state index is 0.140. The zero-order valence-electron chi connectivity index (χ0n) is 17.6. The molecule has 0 unspecified atom stereocenters. The molecule has 0 amide bonds. The summed E-state index contributed by atoms with van der Waals surface area (Å²) in [5.74, 6) is 0. The van der Waals surface area contributed by atoms with Crippen molar-refractivity contribution >= 4 is 5.71 Å². The first-order valence-corrected chi connectivity index (χ1v) is 9.26. The predicted octanol–water partition coefficient (Wildman–Crippen LogP) is 7.08. The molecule has 1 aromatic carbocycles. The van der Waals surface area contributed by atoms with E-state index in [2.05, 4.69) is 96.8 Å². The van der Waals surface area contributed by atoms with E-state index in [-0.39, 0.29) is 5.41 Å². The molecule has 0 N–H and O–H groups in total. The van der Waals surface area contributed by atoms with Crippen LogP contribution in [0.4, 0.5) is 0 Å². The standard InChI is InChI=1S/C24H35N/c1-10-14-22(19(5)24(6,7)8)18(4)20(11-2)23(25-9)21-16-13-12-15-17(21)3/h10,12-16H,11H2,1-9H3/b14-10-,20-18+,22-19-,25-23+. The highest BCUT2D eigenvalue weighted by atomic mass is 14.7. The van der Waals surface area contributed by atoms with Crippen LogP contribution in [0.15, 0.2) is 63.7 Å². The molecule has 0 saturated heterocycles. The molecule has 0 saturated carbocycles. The van der Waals surface area contributed by atoms with Crippen molar-refractivity contribution in [3.8, 4) is 0 Å². The third kappa shape index (κ3) is 5.04. The molecule has 0 aliphatic rings. The topological polar surface area (TPSA) is 12.4 Å². The first-order chi connectivity index (χ1) is 11.7. The Labute approximate surface area is 155 Å². The van der Waals surface area contributed by atoms with Crippen LogP contribution in [0.3, 0.4) is 0 Å². The minimum absolute atomic E-state index is 0.140. The minimum Gasteiger partial charge on any atom is -0.288 e. The van der Waals surface area contributed by atoms with Gasteiger partial charge in [-0.1, -0.05) is 69.7 Å². The van der Waals surface area contributed by atoms with Crippen LogP contribution in [0.1, 0.15) is 66.0 Å². The van der Waals surface area contributed by atoms with Gasteiger partial charge >= 0.3 is 0 Å². The van der Waals surface area contributed by atoms with Gasteiger partial charge in [-0.2, -0.15) is 0 Å². The van der Waals surface area contributed by atoms with Crippen molar-refractivity contribution in [3.05, 3.63) is 69.8 Å². The van der Waals surface area contributed by atoms with Crippen LogP contribution in [0.2, 0.25) is 0 Å². The Balaban J connectivity index is 3.70. The molecule has 1 rings (SSSR count). The lowest BCUT2D eigenvalue weighted by Crippen LogP contribution is -2.13. The predicted molar refractivity (Wildman–Crippen MR) is 114 cm³/mol. The van der Waals surface area contributed by atoms with Gasteiger partial charge in [-0.15, -0.1) is 0 Å². The molecule has 1 aromatic rings. The maximum absolute atomic E-state index is 4.69. The second kappa shape index (κ2) is 8.99. The Hall–Kier alpha value is -1.89. The summed E-state index contributed by atoms with van der Waals surface area (Å²) in [5.41, 5.74) is 9.16. The van der Waals surface area contributed by atoms with Gasteiger partial charge in [0.25, 0.3) is 0 Å². The average molecular weight is 338 g/mol. The van der Waals surface area contributed by atoms with Gasteiger partial charge in [-0.3, -0.25) is 4.99 Å². The summed E-state index contributed by atoms with van der Waals surface area (Å²) in [4.78, 5) is 4.69. The molecule has 0 radical (unpaired) electrons. The van der Waals surface area contributed by atoms with E-state index in [0.717, 1.165) is 12.1 Å². The number of allylic oxidation sites excluding steroid dienone is 6. The zero-order valence-corrected chi connectivity index (χ0v) is 17.6. The Morgan fingerprint density at radius 2 is 1.72 bits per heavy atom. The number of benzene rings is 1. The van der Waals surface area contributed by atoms with Crippen LogP contribution < -0.4 is 0 Å². The van der Waals surface area contributed by atoms with E-state index in [9.17, 15) is 0 Å². The summed E-state index contributed by atoms with van der Waals surface area (Å²) in [5, 5.41) is 0. The lowest BCUT2D eigenvalue weighted by atomic mass is 9.80. The monoisotopic (exact) mass is 337 g/mol. The quantitative estimate of drug-likeness (QED) is 0.402. The molecular formula is C24H35N. The van der Waals surface area contributed by atoms with Gasteiger partial charge < -0.3 is 0 Å². The first-order valence-electron chi connectivity index (χ1n) is 9.26. The van der Waals surface area contributed by atoms with Crippen LogP contribution in [0.5, 0.6) is 0 Å². The maximum atomic E-state index is 4.69. The Bertz CT molecular complexity index is 719. The number of hydrogen-bond acceptors (Lipinski definition) is 1. The average Bonchev–Trinajstić information content (AvgIpc) is 2.56. The molecule has 136 valence electrons. The van der Waals surface area contributed by atoms with E-state index in [1.807, 2.05) is 7.05 Å². The van der Waals surface area contributed by atoms with E-state index in [4.69, 9.17) is 0 Å². The van der Waals surface area contributed by atoms with E-state index in [0.29, 0.717) is 0 Å². The van der Waals surface area contributed by atoms with Crippen LogP contribution in [-0.2, 0) is 0 Å². The third-order valence-electron chi connectivity index (χ3n) is 4.98. The van der Waals surface area contributed by atoms with Gasteiger partial charge in [0.15, 0.2) is 0 Å². The number of aliphatic imine (C=N–C) groups is 1. The highest BCUT2D eigenvalue weighted by molar-refractivity contribution is 6.14. The summed E-state index contributed by atoms with van der Waals surface area (Å²) in [6.45, 7) is 17.8. The Morgan fingerprint density at radius 3 is 2.16 bits per heavy atom. The van der Waals surface area contributed by atoms with E-state index < -0.39 is 0 Å². The molecule has 0 bridgehead atoms. The van der Waals surface area contributed by atoms with E-state index in [1.54, 1.807) is 0 Å². The number of rotatable bonds is 5. The largest absolute Gasteiger partial charge is 0.288 e. The van der Waals surface area contributed by atoms with Crippen LogP contribution in [-0.4, -0.2) is 12.8 Å². The van der Waals surface area contributed by atoms with Crippen molar-refractivity contribution in [2.24, 2.45) is 10.4 Å². The summed E-state index contributed by atoms with van der Waals surface area (Å²) >= 11 is 0. The van der Waals surface area contributed by atoms with Crippen molar-refractivity contribution in [1.82, 2.24) is 0 Å². The van der Waals surface area contributed by atoms with Crippen molar-refractivity contribution in [3.63, 3.8) is 0 Å². The first kappa shape index (κ1) is 21.2. The lowest BCUT2D eigenvalue weighted by Gasteiger charge is -2.25. The fraction of sp³-hybridized carbons (Fsp3) is 0.458. The fourth-order valence-electron chi connectivity index (χ4n) is 3.13. The molecular weight excluding hydrogens is 302 g/mol. The van der Waals surface area contributed by atoms with Crippen molar-refractivity contribution in [2.45, 2.75) is 61.8 Å². The second-order valence-corrected chi connectivity index (χ2v) is 7.63. The molecule has 0 heterocycles. The Kier molecular flexibility index (Phi) is 7.60. The number of aryl methyl sites for hydroxylation is 1. The van der Waals surface area contributed by atoms with Gasteiger partial charge in [-0.25, -0.2) is 0 Å². The lowest BCUT2D eigenvalue weighted by molar-refractivity contribution is 0.500. The summed E-state index contributed by atoms with van der Waals surface area (Å²) < 4.78 is 0. The normalized spacial score (nSPS) is 15.3. The zero-order chi connectivity index (χ0) is 19.2. The van der Waals surface area contributed by atoms with Crippen LogP contribution in [0, 0.1) is 12.3 Å². The van der Waals surface area contributed by atoms with Gasteiger partial charge in [-0.05, 0) is 61.8 Å². The van der Waals surface area contributed by atoms with Crippen LogP contribution in [0.25, 0.3) is 0 Å². The number of nitrogens with zero attached hydrogens (tertiary/aromatic N) is 1. The molecule has 0 aliphatic heterocycles. The Morgan fingerprint density at radius 1 is 1.12 bits per heavy atom. The molecule has 1 heteroatoms. The number of hydrogen-bond donors (Lipinski definition) is 0. The van der Waals surface area contributed by atoms with Gasteiger partial charge in [0.1, 0.15) is 0 Å². The molecule has 25 heavy (non-hydrogen) atoms. The summed E-state index contributed by atoms with van der Waals surface area (Å²) in [7, 11) is 1.90. The highest BCUT2D eigenvalue weighted by Crippen LogP contribution is 2.33. The van der Waals surface area contributed by atoms with E-state index >= 15 is 0 Å². The third-order valence-corrected chi connectivity index (χ3v) is 4.98.